The molecule has 0 aliphatic carbocycles. The second-order valence-electron chi connectivity index (χ2n) is 3.64. The monoisotopic (exact) mass is 285 g/mol. The summed E-state index contributed by atoms with van der Waals surface area (Å²) in [5.41, 5.74) is 1.09. The van der Waals surface area contributed by atoms with Gasteiger partial charge in [0.05, 0.1) is 5.69 Å². The lowest BCUT2D eigenvalue weighted by Gasteiger charge is -2.04. The molecule has 0 fully saturated rings. The molecule has 0 unspecified atom stereocenters. The molecule has 2 aromatic rings. The molecule has 0 aliphatic heterocycles. The van der Waals surface area contributed by atoms with E-state index in [1.165, 1.54) is 12.1 Å². The zero-order valence-corrected chi connectivity index (χ0v) is 10.6. The smallest absolute Gasteiger partial charge is 0.387 e. The van der Waals surface area contributed by atoms with Crippen LogP contribution in [0, 0.1) is 6.92 Å². The van der Waals surface area contributed by atoms with Gasteiger partial charge in [-0.05, 0) is 31.2 Å². The largest absolute Gasteiger partial charge is 0.477 e. The quantitative estimate of drug-likeness (QED) is 0.935. The molecule has 7 heteroatoms. The molecule has 0 saturated heterocycles. The van der Waals surface area contributed by atoms with E-state index in [9.17, 15) is 13.6 Å². The lowest BCUT2D eigenvalue weighted by Crippen LogP contribution is -2.01. The number of benzene rings is 1. The van der Waals surface area contributed by atoms with Gasteiger partial charge in [-0.1, -0.05) is 0 Å². The van der Waals surface area contributed by atoms with Gasteiger partial charge in [0.15, 0.2) is 0 Å². The number of thiazole rings is 1. The van der Waals surface area contributed by atoms with Crippen LogP contribution in [0.4, 0.5) is 8.78 Å². The molecule has 0 saturated carbocycles. The van der Waals surface area contributed by atoms with Crippen molar-refractivity contribution in [3.63, 3.8) is 0 Å². The average molecular weight is 285 g/mol. The lowest BCUT2D eigenvalue weighted by atomic mass is 10.2. The highest BCUT2D eigenvalue weighted by Crippen LogP contribution is 2.29. The Morgan fingerprint density at radius 1 is 1.37 bits per heavy atom. The van der Waals surface area contributed by atoms with Crippen molar-refractivity contribution in [3.8, 4) is 16.3 Å². The Kier molecular flexibility index (Phi) is 3.75. The van der Waals surface area contributed by atoms with Crippen LogP contribution in [0.2, 0.25) is 0 Å². The van der Waals surface area contributed by atoms with Crippen molar-refractivity contribution in [2.75, 3.05) is 0 Å². The first-order chi connectivity index (χ1) is 8.97. The average Bonchev–Trinajstić information content (AvgIpc) is 2.71. The maximum Gasteiger partial charge on any atom is 0.387 e. The van der Waals surface area contributed by atoms with Crippen LogP contribution in [-0.2, 0) is 0 Å². The minimum atomic E-state index is -2.87. The van der Waals surface area contributed by atoms with Gasteiger partial charge in [-0.25, -0.2) is 9.78 Å². The van der Waals surface area contributed by atoms with Gasteiger partial charge < -0.3 is 9.84 Å². The SMILES string of the molecule is Cc1nc(-c2ccc(OC(F)F)cc2)sc1C(=O)O. The number of aromatic nitrogens is 1. The number of hydrogen-bond donors (Lipinski definition) is 1. The highest BCUT2D eigenvalue weighted by Gasteiger charge is 2.15. The van der Waals surface area contributed by atoms with Crippen molar-refractivity contribution in [1.29, 1.82) is 0 Å². The second-order valence-corrected chi connectivity index (χ2v) is 4.64. The number of ether oxygens (including phenoxy) is 1. The number of nitrogens with zero attached hydrogens (tertiary/aromatic N) is 1. The van der Waals surface area contributed by atoms with E-state index < -0.39 is 12.6 Å². The fraction of sp³-hybridized carbons (Fsp3) is 0.167. The van der Waals surface area contributed by atoms with E-state index in [4.69, 9.17) is 5.11 Å². The van der Waals surface area contributed by atoms with Crippen LogP contribution in [0.1, 0.15) is 15.4 Å². The summed E-state index contributed by atoms with van der Waals surface area (Å²) in [7, 11) is 0. The van der Waals surface area contributed by atoms with Gasteiger partial charge in [-0.3, -0.25) is 0 Å². The molecule has 0 bridgehead atoms. The summed E-state index contributed by atoms with van der Waals surface area (Å²) in [4.78, 5) is 15.2. The number of carbonyl (C=O) groups is 1. The summed E-state index contributed by atoms with van der Waals surface area (Å²) in [5, 5.41) is 9.46. The zero-order chi connectivity index (χ0) is 14.0. The Hall–Kier alpha value is -2.02. The molecule has 0 amide bonds. The molecule has 19 heavy (non-hydrogen) atoms. The van der Waals surface area contributed by atoms with Crippen molar-refractivity contribution in [2.24, 2.45) is 0 Å². The normalized spacial score (nSPS) is 10.7. The first kappa shape index (κ1) is 13.4. The zero-order valence-electron chi connectivity index (χ0n) is 9.76. The molecule has 0 spiro atoms. The van der Waals surface area contributed by atoms with Crippen LogP contribution >= 0.6 is 11.3 Å². The van der Waals surface area contributed by atoms with Crippen molar-refractivity contribution in [2.45, 2.75) is 13.5 Å². The Morgan fingerprint density at radius 3 is 2.47 bits per heavy atom. The number of carboxylic acid groups (broad SMARTS) is 1. The summed E-state index contributed by atoms with van der Waals surface area (Å²) in [6.45, 7) is -1.26. The Bertz CT molecular complexity index is 596. The number of aromatic carboxylic acids is 1. The van der Waals surface area contributed by atoms with E-state index in [0.717, 1.165) is 11.3 Å². The highest BCUT2D eigenvalue weighted by atomic mass is 32.1. The topological polar surface area (TPSA) is 59.4 Å². The third-order valence-electron chi connectivity index (χ3n) is 2.32. The summed E-state index contributed by atoms with van der Waals surface area (Å²) in [6.07, 6.45) is 0. The van der Waals surface area contributed by atoms with Crippen LogP contribution in [-0.4, -0.2) is 22.7 Å². The van der Waals surface area contributed by atoms with E-state index >= 15 is 0 Å². The maximum absolute atomic E-state index is 12.0. The molecule has 4 nitrogen and oxygen atoms in total. The third kappa shape index (κ3) is 3.05. The molecule has 0 atom stereocenters. The van der Waals surface area contributed by atoms with Crippen molar-refractivity contribution in [1.82, 2.24) is 4.98 Å². The van der Waals surface area contributed by atoms with Gasteiger partial charge in [0, 0.05) is 5.56 Å². The standard InChI is InChI=1S/C12H9F2NO3S/c1-6-9(11(16)17)19-10(15-6)7-2-4-8(5-3-7)18-12(13)14/h2-5,12H,1H3,(H,16,17). The fourth-order valence-corrected chi connectivity index (χ4v) is 2.41. The van der Waals surface area contributed by atoms with Crippen LogP contribution in [0.5, 0.6) is 5.75 Å². The summed E-state index contributed by atoms with van der Waals surface area (Å²) < 4.78 is 28.2. The predicted octanol–water partition coefficient (Wildman–Crippen LogP) is 3.42. The highest BCUT2D eigenvalue weighted by molar-refractivity contribution is 7.17. The number of hydrogen-bond acceptors (Lipinski definition) is 4. The molecule has 1 N–H and O–H groups in total. The van der Waals surface area contributed by atoms with Crippen LogP contribution in [0.25, 0.3) is 10.6 Å². The van der Waals surface area contributed by atoms with E-state index in [0.29, 0.717) is 16.3 Å². The van der Waals surface area contributed by atoms with Crippen molar-refractivity contribution >= 4 is 17.3 Å². The summed E-state index contributed by atoms with van der Waals surface area (Å²) in [6, 6.07) is 5.89. The number of rotatable bonds is 4. The summed E-state index contributed by atoms with van der Waals surface area (Å²) >= 11 is 1.04. The Balaban J connectivity index is 2.27. The molecule has 1 heterocycles. The fourth-order valence-electron chi connectivity index (χ4n) is 1.50. The predicted molar refractivity (Wildman–Crippen MR) is 65.9 cm³/mol. The van der Waals surface area contributed by atoms with E-state index in [1.54, 1.807) is 19.1 Å². The number of aryl methyl sites for hydroxylation is 1. The van der Waals surface area contributed by atoms with Gasteiger partial charge in [-0.2, -0.15) is 8.78 Å². The molecule has 0 radical (unpaired) electrons. The Labute approximate surface area is 111 Å². The van der Waals surface area contributed by atoms with Crippen LogP contribution < -0.4 is 4.74 Å². The number of alkyl halides is 2. The molecule has 1 aromatic carbocycles. The lowest BCUT2D eigenvalue weighted by molar-refractivity contribution is -0.0498. The van der Waals surface area contributed by atoms with Gasteiger partial charge in [0.1, 0.15) is 15.6 Å². The van der Waals surface area contributed by atoms with E-state index in [-0.39, 0.29) is 10.6 Å². The Morgan fingerprint density at radius 2 is 2.00 bits per heavy atom. The first-order valence-electron chi connectivity index (χ1n) is 5.23. The number of halogens is 2. The van der Waals surface area contributed by atoms with E-state index in [2.05, 4.69) is 9.72 Å². The second kappa shape index (κ2) is 5.31. The van der Waals surface area contributed by atoms with Crippen LogP contribution in [0.3, 0.4) is 0 Å². The molecular weight excluding hydrogens is 276 g/mol. The minimum absolute atomic E-state index is 0.0467. The minimum Gasteiger partial charge on any atom is -0.477 e. The first-order valence-corrected chi connectivity index (χ1v) is 6.05. The van der Waals surface area contributed by atoms with Gasteiger partial charge >= 0.3 is 12.6 Å². The van der Waals surface area contributed by atoms with E-state index in [1.807, 2.05) is 0 Å². The van der Waals surface area contributed by atoms with Crippen molar-refractivity contribution < 1.29 is 23.4 Å². The molecule has 2 rings (SSSR count). The van der Waals surface area contributed by atoms with Gasteiger partial charge in [0.25, 0.3) is 0 Å². The van der Waals surface area contributed by atoms with Crippen molar-refractivity contribution in [3.05, 3.63) is 34.8 Å². The number of carboxylic acids is 1. The van der Waals surface area contributed by atoms with Gasteiger partial charge in [0.2, 0.25) is 0 Å². The summed E-state index contributed by atoms with van der Waals surface area (Å²) in [5.74, 6) is -0.982. The van der Waals surface area contributed by atoms with Crippen LogP contribution in [0.15, 0.2) is 24.3 Å². The molecule has 100 valence electrons. The molecule has 0 aliphatic rings. The third-order valence-corrected chi connectivity index (χ3v) is 3.51. The van der Waals surface area contributed by atoms with Gasteiger partial charge in [-0.15, -0.1) is 11.3 Å². The molecule has 1 aromatic heterocycles. The molecular formula is C12H9F2NO3S. The maximum atomic E-state index is 12.0.